The molecule has 8 heteroatoms. The highest BCUT2D eigenvalue weighted by atomic mass is 32.1. The van der Waals surface area contributed by atoms with Crippen molar-refractivity contribution in [2.75, 3.05) is 25.0 Å². The van der Waals surface area contributed by atoms with E-state index in [-0.39, 0.29) is 5.91 Å². The Labute approximate surface area is 133 Å². The normalized spacial score (nSPS) is 16.8. The number of aryl methyl sites for hydroxylation is 1. The second-order valence-electron chi connectivity index (χ2n) is 5.47. The Balaban J connectivity index is 1.46. The predicted molar refractivity (Wildman–Crippen MR) is 84.9 cm³/mol. The van der Waals surface area contributed by atoms with E-state index in [9.17, 15) is 4.79 Å². The maximum Gasteiger partial charge on any atom is 0.240 e. The van der Waals surface area contributed by atoms with Gasteiger partial charge in [-0.3, -0.25) is 19.7 Å². The summed E-state index contributed by atoms with van der Waals surface area (Å²) in [5.74, 6) is 0.539. The Morgan fingerprint density at radius 3 is 2.91 bits per heavy atom. The fourth-order valence-corrected chi connectivity index (χ4v) is 3.24. The topological polar surface area (TPSA) is 75.9 Å². The molecule has 0 atom stereocenters. The van der Waals surface area contributed by atoms with Crippen molar-refractivity contribution in [2.24, 2.45) is 0 Å². The van der Waals surface area contributed by atoms with Crippen molar-refractivity contribution in [3.8, 4) is 0 Å². The number of hydrogen-bond acceptors (Lipinski definition) is 6. The smallest absolute Gasteiger partial charge is 0.240 e. The van der Waals surface area contributed by atoms with Crippen molar-refractivity contribution in [3.05, 3.63) is 23.5 Å². The van der Waals surface area contributed by atoms with Crippen molar-refractivity contribution in [1.29, 1.82) is 0 Å². The van der Waals surface area contributed by atoms with E-state index in [4.69, 9.17) is 0 Å². The molecule has 1 N–H and O–H groups in total. The zero-order chi connectivity index (χ0) is 15.4. The van der Waals surface area contributed by atoms with Gasteiger partial charge in [-0.05, 0) is 44.3 Å². The number of carbonyl (C=O) groups excluding carboxylic acids is 1. The first kappa shape index (κ1) is 15.1. The fourth-order valence-electron chi connectivity index (χ4n) is 2.78. The number of rotatable bonds is 5. The van der Waals surface area contributed by atoms with Gasteiger partial charge < -0.3 is 0 Å². The van der Waals surface area contributed by atoms with Crippen LogP contribution in [-0.2, 0) is 11.3 Å². The number of nitrogens with zero attached hydrogens (tertiary/aromatic N) is 5. The minimum absolute atomic E-state index is 0.0194. The lowest BCUT2D eigenvalue weighted by atomic mass is 9.91. The van der Waals surface area contributed by atoms with Gasteiger partial charge in [-0.1, -0.05) is 11.3 Å². The van der Waals surface area contributed by atoms with E-state index in [1.165, 1.54) is 16.9 Å². The van der Waals surface area contributed by atoms with Crippen LogP contribution in [0.2, 0.25) is 0 Å². The lowest BCUT2D eigenvalue weighted by Crippen LogP contribution is -2.38. The first-order chi connectivity index (χ1) is 10.7. The number of aromatic nitrogens is 4. The van der Waals surface area contributed by atoms with Gasteiger partial charge >= 0.3 is 0 Å². The summed E-state index contributed by atoms with van der Waals surface area (Å²) in [4.78, 5) is 14.1. The van der Waals surface area contributed by atoms with E-state index >= 15 is 0 Å². The summed E-state index contributed by atoms with van der Waals surface area (Å²) in [6.07, 6.45) is 6.26. The Hall–Kier alpha value is -1.80. The van der Waals surface area contributed by atoms with Crippen molar-refractivity contribution in [2.45, 2.75) is 32.2 Å². The first-order valence-electron chi connectivity index (χ1n) is 7.55. The third-order valence-electron chi connectivity index (χ3n) is 4.01. The van der Waals surface area contributed by atoms with Gasteiger partial charge in [0.2, 0.25) is 11.0 Å². The molecule has 1 saturated heterocycles. The number of nitrogens with one attached hydrogen (secondary N) is 1. The van der Waals surface area contributed by atoms with Gasteiger partial charge in [-0.25, -0.2) is 0 Å². The molecule has 0 bridgehead atoms. The monoisotopic (exact) mass is 320 g/mol. The Morgan fingerprint density at radius 2 is 2.27 bits per heavy atom. The van der Waals surface area contributed by atoms with Crippen molar-refractivity contribution in [1.82, 2.24) is 24.9 Å². The minimum Gasteiger partial charge on any atom is -0.299 e. The molecule has 0 spiro atoms. The number of hydrogen-bond donors (Lipinski definition) is 1. The molecule has 7 nitrogen and oxygen atoms in total. The van der Waals surface area contributed by atoms with Gasteiger partial charge in [0.1, 0.15) is 5.51 Å². The molecule has 2 aromatic rings. The standard InChI is InChI=1S/C14H20N6OS/c1-2-20-8-12(7-16-20)11-3-5-19(6-4-11)9-13(21)17-14-18-15-10-22-14/h7-8,10-11H,2-6,9H2,1H3,(H,17,18,21). The van der Waals surface area contributed by atoms with Gasteiger partial charge in [0, 0.05) is 12.7 Å². The van der Waals surface area contributed by atoms with Crippen molar-refractivity contribution in [3.63, 3.8) is 0 Å². The summed E-state index contributed by atoms with van der Waals surface area (Å²) < 4.78 is 1.97. The molecule has 2 aromatic heterocycles. The Morgan fingerprint density at radius 1 is 1.45 bits per heavy atom. The molecule has 1 fully saturated rings. The van der Waals surface area contributed by atoms with Gasteiger partial charge in [-0.15, -0.1) is 10.2 Å². The molecule has 0 aromatic carbocycles. The quantitative estimate of drug-likeness (QED) is 0.905. The van der Waals surface area contributed by atoms with Gasteiger partial charge in [-0.2, -0.15) is 5.10 Å². The average molecular weight is 320 g/mol. The van der Waals surface area contributed by atoms with Crippen LogP contribution in [0.3, 0.4) is 0 Å². The number of carbonyl (C=O) groups is 1. The Bertz CT molecular complexity index is 603. The molecule has 22 heavy (non-hydrogen) atoms. The molecule has 0 radical (unpaired) electrons. The first-order valence-corrected chi connectivity index (χ1v) is 8.43. The number of likely N-dealkylation sites (tertiary alicyclic amines) is 1. The summed E-state index contributed by atoms with van der Waals surface area (Å²) in [5, 5.41) is 15.2. The van der Waals surface area contributed by atoms with E-state index in [0.29, 0.717) is 17.6 Å². The van der Waals surface area contributed by atoms with Crippen molar-refractivity contribution < 1.29 is 4.79 Å². The molecule has 1 amide bonds. The number of anilines is 1. The van der Waals surface area contributed by atoms with Crippen LogP contribution in [0.1, 0.15) is 31.2 Å². The Kier molecular flexibility index (Phi) is 4.79. The molecule has 118 valence electrons. The summed E-state index contributed by atoms with van der Waals surface area (Å²) in [6.45, 7) is 5.29. The highest BCUT2D eigenvalue weighted by Gasteiger charge is 2.23. The number of amides is 1. The van der Waals surface area contributed by atoms with Gasteiger partial charge in [0.15, 0.2) is 0 Å². The third-order valence-corrected chi connectivity index (χ3v) is 4.62. The highest BCUT2D eigenvalue weighted by Crippen LogP contribution is 2.27. The lowest BCUT2D eigenvalue weighted by Gasteiger charge is -2.30. The minimum atomic E-state index is -0.0194. The number of piperidine rings is 1. The maximum absolute atomic E-state index is 11.9. The highest BCUT2D eigenvalue weighted by molar-refractivity contribution is 7.13. The SMILES string of the molecule is CCn1cc(C2CCN(CC(=O)Nc3nncs3)CC2)cn1. The van der Waals surface area contributed by atoms with Crippen LogP contribution < -0.4 is 5.32 Å². The van der Waals surface area contributed by atoms with Crippen LogP contribution in [0.5, 0.6) is 0 Å². The van der Waals surface area contributed by atoms with E-state index in [0.717, 1.165) is 32.5 Å². The molecule has 3 rings (SSSR count). The van der Waals surface area contributed by atoms with Crippen molar-refractivity contribution >= 4 is 22.4 Å². The summed E-state index contributed by atoms with van der Waals surface area (Å²) in [5.41, 5.74) is 2.93. The lowest BCUT2D eigenvalue weighted by molar-refractivity contribution is -0.117. The largest absolute Gasteiger partial charge is 0.299 e. The van der Waals surface area contributed by atoms with E-state index < -0.39 is 0 Å². The summed E-state index contributed by atoms with van der Waals surface area (Å²) in [6, 6.07) is 0. The van der Waals surface area contributed by atoms with E-state index in [2.05, 4.69) is 38.6 Å². The van der Waals surface area contributed by atoms with Crippen LogP contribution in [0.4, 0.5) is 5.13 Å². The van der Waals surface area contributed by atoms with Gasteiger partial charge in [0.25, 0.3) is 0 Å². The molecule has 1 aliphatic rings. The fraction of sp³-hybridized carbons (Fsp3) is 0.571. The molecule has 0 unspecified atom stereocenters. The van der Waals surface area contributed by atoms with Crippen LogP contribution in [0.25, 0.3) is 0 Å². The predicted octanol–water partition coefficient (Wildman–Crippen LogP) is 1.57. The van der Waals surface area contributed by atoms with E-state index in [1.54, 1.807) is 5.51 Å². The third kappa shape index (κ3) is 3.69. The molecule has 0 aliphatic carbocycles. The van der Waals surface area contributed by atoms with Crippen LogP contribution >= 0.6 is 11.3 Å². The molecule has 0 saturated carbocycles. The average Bonchev–Trinajstić information content (AvgIpc) is 3.19. The molecule has 1 aliphatic heterocycles. The van der Waals surface area contributed by atoms with E-state index in [1.807, 2.05) is 10.9 Å². The summed E-state index contributed by atoms with van der Waals surface area (Å²) in [7, 11) is 0. The summed E-state index contributed by atoms with van der Waals surface area (Å²) >= 11 is 1.33. The van der Waals surface area contributed by atoms with Crippen LogP contribution in [0.15, 0.2) is 17.9 Å². The molecular weight excluding hydrogens is 300 g/mol. The second kappa shape index (κ2) is 6.97. The molecular formula is C14H20N6OS. The zero-order valence-corrected chi connectivity index (χ0v) is 13.4. The van der Waals surface area contributed by atoms with Crippen LogP contribution in [-0.4, -0.2) is 50.4 Å². The maximum atomic E-state index is 11.9. The second-order valence-corrected chi connectivity index (χ2v) is 6.31. The van der Waals surface area contributed by atoms with Gasteiger partial charge in [0.05, 0.1) is 12.7 Å². The van der Waals surface area contributed by atoms with Crippen LogP contribution in [0, 0.1) is 0 Å². The zero-order valence-electron chi connectivity index (χ0n) is 12.6. The molecule has 3 heterocycles.